The molecule has 1 atom stereocenters. The third-order valence-corrected chi connectivity index (χ3v) is 5.71. The zero-order chi connectivity index (χ0) is 19.4. The molecule has 2 rings (SSSR count). The van der Waals surface area contributed by atoms with E-state index in [-0.39, 0.29) is 28.7 Å². The average Bonchev–Trinajstić information content (AvgIpc) is 2.55. The number of nitro benzene ring substituents is 1. The first kappa shape index (κ1) is 20.3. The highest BCUT2D eigenvalue weighted by atomic mass is 32.5. The van der Waals surface area contributed by atoms with E-state index in [1.807, 2.05) is 0 Å². The van der Waals surface area contributed by atoms with Gasteiger partial charge in [-0.2, -0.15) is 8.42 Å². The predicted molar refractivity (Wildman–Crippen MR) is 96.1 cm³/mol. The zero-order valence-electron chi connectivity index (χ0n) is 13.3. The van der Waals surface area contributed by atoms with Crippen LogP contribution in [0.1, 0.15) is 6.92 Å². The molecule has 0 aliphatic heterocycles. The van der Waals surface area contributed by atoms with Crippen molar-refractivity contribution in [2.24, 2.45) is 0 Å². The smallest absolute Gasteiger partial charge is 0.377 e. The fraction of sp³-hybridized carbons (Fsp3) is 0.143. The maximum absolute atomic E-state index is 12.2. The summed E-state index contributed by atoms with van der Waals surface area (Å²) in [7, 11) is -4.15. The lowest BCUT2D eigenvalue weighted by atomic mass is 10.3. The minimum absolute atomic E-state index is 0.0712. The van der Waals surface area contributed by atoms with Crippen molar-refractivity contribution in [3.8, 4) is 11.5 Å². The summed E-state index contributed by atoms with van der Waals surface area (Å²) >= 11 is 4.78. The number of benzene rings is 2. The molecule has 0 amide bonds. The molecule has 0 radical (unpaired) electrons. The summed E-state index contributed by atoms with van der Waals surface area (Å²) in [5.41, 5.74) is -0.190. The maximum atomic E-state index is 12.2. The van der Waals surface area contributed by atoms with Crippen LogP contribution in [-0.2, 0) is 26.4 Å². The first-order valence-corrected chi connectivity index (χ1v) is 11.1. The van der Waals surface area contributed by atoms with Gasteiger partial charge in [0.05, 0.1) is 11.5 Å². The molecule has 0 fully saturated rings. The van der Waals surface area contributed by atoms with Crippen LogP contribution in [-0.4, -0.2) is 24.8 Å². The number of non-ortho nitro benzene ring substituents is 1. The zero-order valence-corrected chi connectivity index (χ0v) is 15.9. The van der Waals surface area contributed by atoms with E-state index in [2.05, 4.69) is 0 Å². The van der Waals surface area contributed by atoms with Gasteiger partial charge in [0.2, 0.25) is 0 Å². The quantitative estimate of drug-likeness (QED) is 0.297. The first-order valence-electron chi connectivity index (χ1n) is 7.09. The summed E-state index contributed by atoms with van der Waals surface area (Å²) in [4.78, 5) is 19.6. The molecule has 0 bridgehead atoms. The van der Waals surface area contributed by atoms with Crippen LogP contribution in [0.15, 0.2) is 53.4 Å². The van der Waals surface area contributed by atoms with Crippen molar-refractivity contribution in [2.75, 3.05) is 6.61 Å². The van der Waals surface area contributed by atoms with Crippen molar-refractivity contribution in [3.05, 3.63) is 58.6 Å². The Morgan fingerprint density at radius 3 is 2.15 bits per heavy atom. The number of hydrogen-bond donors (Lipinski definition) is 1. The molecular weight excluding hydrogens is 405 g/mol. The Morgan fingerprint density at radius 2 is 1.65 bits per heavy atom. The second-order valence-corrected chi connectivity index (χ2v) is 9.05. The van der Waals surface area contributed by atoms with Crippen LogP contribution >= 0.6 is 6.72 Å². The second-order valence-electron chi connectivity index (χ2n) is 4.74. The maximum Gasteiger partial charge on any atom is 0.377 e. The summed E-state index contributed by atoms with van der Waals surface area (Å²) < 4.78 is 39.4. The van der Waals surface area contributed by atoms with E-state index in [4.69, 9.17) is 25.0 Å². The third-order valence-electron chi connectivity index (χ3n) is 2.88. The van der Waals surface area contributed by atoms with Crippen LogP contribution in [0.25, 0.3) is 0 Å². The number of hydrogen-bond acceptors (Lipinski definition) is 8. The van der Waals surface area contributed by atoms with Gasteiger partial charge in [-0.3, -0.25) is 14.6 Å². The van der Waals surface area contributed by atoms with Gasteiger partial charge in [0.25, 0.3) is 5.69 Å². The summed E-state index contributed by atoms with van der Waals surface area (Å²) in [6, 6.07) is 9.61. The van der Waals surface area contributed by atoms with Crippen molar-refractivity contribution in [1.82, 2.24) is 0 Å². The molecule has 0 aliphatic rings. The Balaban J connectivity index is 2.13. The molecule has 0 spiro atoms. The van der Waals surface area contributed by atoms with Gasteiger partial charge < -0.3 is 13.6 Å². The Bertz CT molecular complexity index is 928. The van der Waals surface area contributed by atoms with Gasteiger partial charge in [0, 0.05) is 23.9 Å². The van der Waals surface area contributed by atoms with Gasteiger partial charge in [-0.15, -0.1) is 0 Å². The highest BCUT2D eigenvalue weighted by Crippen LogP contribution is 2.44. The molecule has 9 nitrogen and oxygen atoms in total. The van der Waals surface area contributed by atoms with Gasteiger partial charge in [0.15, 0.2) is 0 Å². The summed E-state index contributed by atoms with van der Waals surface area (Å²) in [5, 5.41) is 10.6. The Hall–Kier alpha value is -2.04. The molecule has 2 aromatic rings. The normalized spacial score (nSPS) is 13.6. The van der Waals surface area contributed by atoms with Crippen LogP contribution in [0.3, 0.4) is 0 Å². The standard InChI is InChI=1S/C14H14NO8PS2/c1-2-21-24(18,25)22-12-7-9-14(10-8-12)26(19,20)23-13-5-3-11(4-6-13)15(16)17/h3-10H,2H2,1H3,(H,18,25). The molecule has 26 heavy (non-hydrogen) atoms. The molecule has 0 saturated carbocycles. The van der Waals surface area contributed by atoms with Gasteiger partial charge in [-0.25, -0.2) is 0 Å². The van der Waals surface area contributed by atoms with E-state index >= 15 is 0 Å². The van der Waals surface area contributed by atoms with Crippen LogP contribution in [0.5, 0.6) is 11.5 Å². The van der Waals surface area contributed by atoms with Gasteiger partial charge in [-0.05, 0) is 43.3 Å². The van der Waals surface area contributed by atoms with E-state index in [1.165, 1.54) is 36.4 Å². The molecule has 0 aliphatic carbocycles. The molecule has 0 aromatic heterocycles. The Labute approximate surface area is 154 Å². The highest BCUT2D eigenvalue weighted by Gasteiger charge is 2.19. The van der Waals surface area contributed by atoms with Crippen LogP contribution in [0.2, 0.25) is 0 Å². The van der Waals surface area contributed by atoms with Crippen LogP contribution < -0.4 is 8.71 Å². The Kier molecular flexibility index (Phi) is 6.32. The second kappa shape index (κ2) is 8.11. The lowest BCUT2D eigenvalue weighted by molar-refractivity contribution is -0.384. The third kappa shape index (κ3) is 5.48. The molecule has 1 N–H and O–H groups in total. The topological polar surface area (TPSA) is 125 Å². The number of rotatable bonds is 8. The van der Waals surface area contributed by atoms with Crippen LogP contribution in [0.4, 0.5) is 5.69 Å². The monoisotopic (exact) mass is 419 g/mol. The fourth-order valence-electron chi connectivity index (χ4n) is 1.79. The number of nitro groups is 1. The number of nitrogens with zero attached hydrogens (tertiary/aromatic N) is 1. The molecule has 0 heterocycles. The molecular formula is C14H14NO8PS2. The predicted octanol–water partition coefficient (Wildman–Crippen LogP) is 2.99. The molecule has 12 heteroatoms. The lowest BCUT2D eigenvalue weighted by Crippen LogP contribution is -2.09. The molecule has 2 aromatic carbocycles. The summed E-state index contributed by atoms with van der Waals surface area (Å²) in [6.07, 6.45) is 0. The van der Waals surface area contributed by atoms with E-state index < -0.39 is 21.8 Å². The van der Waals surface area contributed by atoms with E-state index in [0.29, 0.717) is 0 Å². The minimum Gasteiger partial charge on any atom is -0.424 e. The van der Waals surface area contributed by atoms with E-state index in [0.717, 1.165) is 12.1 Å². The molecule has 0 saturated heterocycles. The van der Waals surface area contributed by atoms with Crippen molar-refractivity contribution < 1.29 is 31.5 Å². The van der Waals surface area contributed by atoms with Crippen molar-refractivity contribution in [1.29, 1.82) is 0 Å². The summed E-state index contributed by atoms with van der Waals surface area (Å²) in [5.74, 6) is 0.0664. The molecule has 140 valence electrons. The average molecular weight is 419 g/mol. The molecule has 1 unspecified atom stereocenters. The van der Waals surface area contributed by atoms with Crippen molar-refractivity contribution in [3.63, 3.8) is 0 Å². The SMILES string of the molecule is CCOP(O)(=S)Oc1ccc(S(=O)(=O)Oc2ccc([N+](=O)[O-])cc2)cc1. The highest BCUT2D eigenvalue weighted by molar-refractivity contribution is 8.07. The lowest BCUT2D eigenvalue weighted by Gasteiger charge is -2.15. The first-order chi connectivity index (χ1) is 12.1. The van der Waals surface area contributed by atoms with Gasteiger partial charge >= 0.3 is 16.8 Å². The van der Waals surface area contributed by atoms with Gasteiger partial charge in [-0.1, -0.05) is 0 Å². The minimum atomic E-state index is -4.15. The van der Waals surface area contributed by atoms with Crippen molar-refractivity contribution >= 4 is 34.3 Å². The van der Waals surface area contributed by atoms with Crippen LogP contribution in [0, 0.1) is 10.1 Å². The largest absolute Gasteiger partial charge is 0.424 e. The van der Waals surface area contributed by atoms with E-state index in [9.17, 15) is 23.4 Å². The van der Waals surface area contributed by atoms with Crippen molar-refractivity contribution in [2.45, 2.75) is 11.8 Å². The summed E-state index contributed by atoms with van der Waals surface area (Å²) in [6.45, 7) is -1.63. The Morgan fingerprint density at radius 1 is 1.12 bits per heavy atom. The van der Waals surface area contributed by atoms with E-state index in [1.54, 1.807) is 6.92 Å². The fourth-order valence-corrected chi connectivity index (χ4v) is 4.06. The van der Waals surface area contributed by atoms with Gasteiger partial charge in [0.1, 0.15) is 16.4 Å².